The Kier molecular flexibility index (Phi) is 8.90. The molecular formula is C18H28NO5P. The van der Waals surface area contributed by atoms with Gasteiger partial charge in [-0.25, -0.2) is 0 Å². The number of likely N-dealkylation sites (N-methyl/N-ethyl adjacent to an activating group) is 1. The second-order valence-electron chi connectivity index (χ2n) is 5.36. The van der Waals surface area contributed by atoms with Crippen molar-refractivity contribution in [2.45, 2.75) is 33.0 Å². The van der Waals surface area contributed by atoms with E-state index in [-0.39, 0.29) is 19.1 Å². The summed E-state index contributed by atoms with van der Waals surface area (Å²) in [5, 5.41) is 0. The van der Waals surface area contributed by atoms with Crippen LogP contribution in [-0.4, -0.2) is 44.0 Å². The Morgan fingerprint density at radius 1 is 1.20 bits per heavy atom. The normalized spacial score (nSPS) is 13.0. The summed E-state index contributed by atoms with van der Waals surface area (Å²) < 4.78 is 29.4. The smallest absolute Gasteiger partial charge is 0.353 e. The van der Waals surface area contributed by atoms with Crippen LogP contribution in [0.3, 0.4) is 0 Å². The van der Waals surface area contributed by atoms with Crippen LogP contribution in [0.1, 0.15) is 26.3 Å². The maximum Gasteiger partial charge on any atom is 0.353 e. The third-order valence-electron chi connectivity index (χ3n) is 3.66. The first-order valence-electron chi connectivity index (χ1n) is 8.33. The van der Waals surface area contributed by atoms with Crippen LogP contribution < -0.4 is 4.74 Å². The lowest BCUT2D eigenvalue weighted by Crippen LogP contribution is -2.38. The van der Waals surface area contributed by atoms with E-state index in [4.69, 9.17) is 13.8 Å². The highest BCUT2D eigenvalue weighted by Gasteiger charge is 2.40. The SMILES string of the molecule is C/C=C/C(=O)N(C)C(Cc1ccc(OC)cc1)P(=O)(OCC)OCC. The van der Waals surface area contributed by atoms with Gasteiger partial charge in [0.1, 0.15) is 11.5 Å². The highest BCUT2D eigenvalue weighted by Crippen LogP contribution is 2.55. The number of hydrogen-bond donors (Lipinski definition) is 0. The van der Waals surface area contributed by atoms with Crippen LogP contribution in [0, 0.1) is 0 Å². The van der Waals surface area contributed by atoms with Crippen LogP contribution in [0.5, 0.6) is 5.75 Å². The fourth-order valence-corrected chi connectivity index (χ4v) is 4.52. The zero-order chi connectivity index (χ0) is 18.9. The van der Waals surface area contributed by atoms with E-state index in [0.29, 0.717) is 6.42 Å². The predicted molar refractivity (Wildman–Crippen MR) is 98.9 cm³/mol. The molecule has 25 heavy (non-hydrogen) atoms. The van der Waals surface area contributed by atoms with Crippen molar-refractivity contribution in [3.05, 3.63) is 42.0 Å². The molecule has 6 nitrogen and oxygen atoms in total. The molecule has 7 heteroatoms. The number of methoxy groups -OCH3 is 1. The van der Waals surface area contributed by atoms with Crippen molar-refractivity contribution in [3.63, 3.8) is 0 Å². The molecule has 0 fully saturated rings. The largest absolute Gasteiger partial charge is 0.497 e. The Morgan fingerprint density at radius 2 is 1.76 bits per heavy atom. The van der Waals surface area contributed by atoms with E-state index in [1.165, 1.54) is 11.0 Å². The van der Waals surface area contributed by atoms with Gasteiger partial charge in [-0.15, -0.1) is 0 Å². The number of allylic oxidation sites excluding steroid dienone is 1. The third-order valence-corrected chi connectivity index (χ3v) is 6.16. The van der Waals surface area contributed by atoms with Crippen LogP contribution in [-0.2, 0) is 24.8 Å². The monoisotopic (exact) mass is 369 g/mol. The Morgan fingerprint density at radius 3 is 2.20 bits per heavy atom. The molecule has 0 aliphatic heterocycles. The van der Waals surface area contributed by atoms with Crippen molar-refractivity contribution in [2.24, 2.45) is 0 Å². The lowest BCUT2D eigenvalue weighted by atomic mass is 10.1. The van der Waals surface area contributed by atoms with Crippen LogP contribution in [0.4, 0.5) is 0 Å². The molecule has 0 heterocycles. The molecule has 0 saturated carbocycles. The van der Waals surface area contributed by atoms with Crippen LogP contribution in [0.25, 0.3) is 0 Å². The van der Waals surface area contributed by atoms with E-state index >= 15 is 0 Å². The van der Waals surface area contributed by atoms with Crippen molar-refractivity contribution >= 4 is 13.5 Å². The van der Waals surface area contributed by atoms with Gasteiger partial charge in [-0.2, -0.15) is 0 Å². The molecule has 1 rings (SSSR count). The molecule has 1 unspecified atom stereocenters. The quantitative estimate of drug-likeness (QED) is 0.463. The number of carbonyl (C=O) groups excluding carboxylic acids is 1. The molecule has 140 valence electrons. The van der Waals surface area contributed by atoms with Crippen molar-refractivity contribution in [3.8, 4) is 5.75 Å². The molecule has 0 aliphatic carbocycles. The predicted octanol–water partition coefficient (Wildman–Crippen LogP) is 3.86. The van der Waals surface area contributed by atoms with Gasteiger partial charge in [0.15, 0.2) is 0 Å². The second-order valence-corrected chi connectivity index (χ2v) is 7.55. The molecule has 0 bridgehead atoms. The van der Waals surface area contributed by atoms with Gasteiger partial charge < -0.3 is 18.7 Å². The first-order chi connectivity index (χ1) is 11.9. The molecule has 1 atom stereocenters. The topological polar surface area (TPSA) is 65.1 Å². The second kappa shape index (κ2) is 10.4. The van der Waals surface area contributed by atoms with E-state index in [0.717, 1.165) is 11.3 Å². The molecule has 0 aliphatic rings. The zero-order valence-corrected chi connectivity index (χ0v) is 16.5. The van der Waals surface area contributed by atoms with E-state index in [9.17, 15) is 9.36 Å². The highest BCUT2D eigenvalue weighted by molar-refractivity contribution is 7.54. The van der Waals surface area contributed by atoms with Crippen molar-refractivity contribution in [2.75, 3.05) is 27.4 Å². The van der Waals surface area contributed by atoms with Gasteiger partial charge in [0.05, 0.1) is 20.3 Å². The van der Waals surface area contributed by atoms with Crippen LogP contribution in [0.15, 0.2) is 36.4 Å². The molecule has 1 amide bonds. The van der Waals surface area contributed by atoms with Crippen molar-refractivity contribution in [1.82, 2.24) is 4.90 Å². The molecular weight excluding hydrogens is 341 g/mol. The molecule has 1 aromatic carbocycles. The van der Waals surface area contributed by atoms with E-state index in [2.05, 4.69) is 0 Å². The molecule has 0 spiro atoms. The maximum absolute atomic E-state index is 13.3. The Hall–Kier alpha value is -1.62. The molecule has 0 saturated heterocycles. The number of benzene rings is 1. The first-order valence-corrected chi connectivity index (χ1v) is 9.94. The minimum Gasteiger partial charge on any atom is -0.497 e. The first kappa shape index (κ1) is 21.4. The summed E-state index contributed by atoms with van der Waals surface area (Å²) in [5.74, 6) is -0.235. The van der Waals surface area contributed by atoms with Crippen LogP contribution in [0.2, 0.25) is 0 Å². The van der Waals surface area contributed by atoms with Gasteiger partial charge >= 0.3 is 7.60 Å². The Bertz CT molecular complexity index is 604. The average molecular weight is 369 g/mol. The molecule has 0 aromatic heterocycles. The number of hydrogen-bond acceptors (Lipinski definition) is 5. The maximum atomic E-state index is 13.3. The van der Waals surface area contributed by atoms with E-state index < -0.39 is 13.4 Å². The lowest BCUT2D eigenvalue weighted by Gasteiger charge is -2.33. The Labute approximate surface area is 150 Å². The third kappa shape index (κ3) is 5.99. The molecule has 0 radical (unpaired) electrons. The molecule has 0 N–H and O–H groups in total. The zero-order valence-electron chi connectivity index (χ0n) is 15.6. The van der Waals surface area contributed by atoms with Gasteiger partial charge in [-0.05, 0) is 44.5 Å². The summed E-state index contributed by atoms with van der Waals surface area (Å²) >= 11 is 0. The van der Waals surface area contributed by atoms with Crippen molar-refractivity contribution in [1.29, 1.82) is 0 Å². The summed E-state index contributed by atoms with van der Waals surface area (Å²) in [6, 6.07) is 7.41. The molecule has 1 aromatic rings. The fraction of sp³-hybridized carbons (Fsp3) is 0.500. The number of rotatable bonds is 10. The summed E-state index contributed by atoms with van der Waals surface area (Å²) in [4.78, 5) is 13.7. The van der Waals surface area contributed by atoms with Gasteiger partial charge in [-0.3, -0.25) is 9.36 Å². The minimum atomic E-state index is -3.51. The Balaban J connectivity index is 3.19. The van der Waals surface area contributed by atoms with E-state index in [1.807, 2.05) is 24.3 Å². The van der Waals surface area contributed by atoms with Crippen LogP contribution >= 0.6 is 7.60 Å². The summed E-state index contributed by atoms with van der Waals surface area (Å²) in [7, 11) is -0.298. The van der Waals surface area contributed by atoms with Gasteiger partial charge in [0.2, 0.25) is 5.91 Å². The van der Waals surface area contributed by atoms with Crippen molar-refractivity contribution < 1.29 is 23.1 Å². The van der Waals surface area contributed by atoms with Gasteiger partial charge in [-0.1, -0.05) is 18.2 Å². The lowest BCUT2D eigenvalue weighted by molar-refractivity contribution is -0.125. The van der Waals surface area contributed by atoms with Gasteiger partial charge in [0, 0.05) is 13.5 Å². The number of ether oxygens (including phenoxy) is 1. The average Bonchev–Trinajstić information content (AvgIpc) is 2.60. The fourth-order valence-electron chi connectivity index (χ4n) is 2.41. The summed E-state index contributed by atoms with van der Waals surface area (Å²) in [5.41, 5.74) is 0.908. The minimum absolute atomic E-state index is 0.238. The summed E-state index contributed by atoms with van der Waals surface area (Å²) in [6.07, 6.45) is 3.43. The highest BCUT2D eigenvalue weighted by atomic mass is 31.2. The summed E-state index contributed by atoms with van der Waals surface area (Å²) in [6.45, 7) is 5.74. The number of carbonyl (C=O) groups is 1. The number of nitrogens with zero attached hydrogens (tertiary/aromatic N) is 1. The van der Waals surface area contributed by atoms with E-state index in [1.54, 1.807) is 41.0 Å². The van der Waals surface area contributed by atoms with Gasteiger partial charge in [0.25, 0.3) is 0 Å². The number of amides is 1. The standard InChI is InChI=1S/C18H28NO5P/c1-6-9-17(20)19(4)18(25(21,23-7-2)24-8-3)14-15-10-12-16(22-5)13-11-15/h6,9-13,18H,7-8,14H2,1-5H3/b9-6+.